The third-order valence-electron chi connectivity index (χ3n) is 7.55. The van der Waals surface area contributed by atoms with Gasteiger partial charge < -0.3 is 20.5 Å². The molecule has 0 aliphatic heterocycles. The molecule has 33 heavy (non-hydrogen) atoms. The van der Waals surface area contributed by atoms with Crippen LogP contribution in [-0.2, 0) is 9.53 Å². The highest BCUT2D eigenvalue weighted by Crippen LogP contribution is 2.28. The van der Waals surface area contributed by atoms with Crippen molar-refractivity contribution in [3.63, 3.8) is 0 Å². The molecule has 0 spiro atoms. The number of aliphatic hydroxyl groups is 1. The molecule has 0 heterocycles. The fourth-order valence-electron chi connectivity index (χ4n) is 5.58. The van der Waals surface area contributed by atoms with Crippen LogP contribution in [0.2, 0.25) is 0 Å². The quantitative estimate of drug-likeness (QED) is 0.281. The van der Waals surface area contributed by atoms with Crippen LogP contribution in [0.5, 0.6) is 0 Å². The standard InChI is InChI=1S/C26H41N3O4/c27-18-21(25(31)28-15-7-10-19-8-3-1-4-9-19)16-20-13-14-24(30)23(17-20)29-26(32)33-22-11-5-2-6-12-22/h16,19-20,22-24,30H,1-15,17H2,(H,28,31)(H,29,32)/b21-16+. The summed E-state index contributed by atoms with van der Waals surface area (Å²) in [4.78, 5) is 24.8. The first-order valence-corrected chi connectivity index (χ1v) is 13.1. The Bertz CT molecular complexity index is 705. The average molecular weight is 460 g/mol. The van der Waals surface area contributed by atoms with E-state index in [0.717, 1.165) is 44.4 Å². The van der Waals surface area contributed by atoms with Crippen LogP contribution in [0.15, 0.2) is 11.6 Å². The Morgan fingerprint density at radius 2 is 1.70 bits per heavy atom. The SMILES string of the molecule is N#C/C(=C\C1CCC(O)C(NC(=O)OC2CCCCC2)C1)C(=O)NCCCC1CCCCC1. The van der Waals surface area contributed by atoms with Crippen molar-refractivity contribution < 1.29 is 19.4 Å². The van der Waals surface area contributed by atoms with Gasteiger partial charge in [0, 0.05) is 6.54 Å². The molecule has 0 saturated heterocycles. The highest BCUT2D eigenvalue weighted by Gasteiger charge is 2.31. The zero-order valence-electron chi connectivity index (χ0n) is 19.9. The van der Waals surface area contributed by atoms with Gasteiger partial charge in [0.05, 0.1) is 12.1 Å². The maximum Gasteiger partial charge on any atom is 0.407 e. The first kappa shape index (κ1) is 25.6. The van der Waals surface area contributed by atoms with Gasteiger partial charge in [0.25, 0.3) is 5.91 Å². The van der Waals surface area contributed by atoms with Crippen LogP contribution in [0.3, 0.4) is 0 Å². The monoisotopic (exact) mass is 459 g/mol. The summed E-state index contributed by atoms with van der Waals surface area (Å²) in [5.74, 6) is 0.411. The molecule has 0 bridgehead atoms. The Morgan fingerprint density at radius 1 is 1.00 bits per heavy atom. The number of aliphatic hydroxyl groups excluding tert-OH is 1. The van der Waals surface area contributed by atoms with Crippen LogP contribution in [0, 0.1) is 23.2 Å². The number of allylic oxidation sites excluding steroid dienone is 1. The van der Waals surface area contributed by atoms with Gasteiger partial charge in [-0.3, -0.25) is 4.79 Å². The van der Waals surface area contributed by atoms with E-state index < -0.39 is 18.2 Å². The number of nitriles is 1. The van der Waals surface area contributed by atoms with Gasteiger partial charge in [0.2, 0.25) is 0 Å². The van der Waals surface area contributed by atoms with Gasteiger partial charge in [-0.15, -0.1) is 0 Å². The van der Waals surface area contributed by atoms with Crippen molar-refractivity contribution in [1.82, 2.24) is 10.6 Å². The lowest BCUT2D eigenvalue weighted by atomic mass is 9.82. The summed E-state index contributed by atoms with van der Waals surface area (Å²) in [5, 5.41) is 25.6. The Labute approximate surface area is 198 Å². The number of amides is 2. The van der Waals surface area contributed by atoms with E-state index in [9.17, 15) is 20.0 Å². The molecule has 7 nitrogen and oxygen atoms in total. The molecular formula is C26H41N3O4. The minimum absolute atomic E-state index is 0.0397. The van der Waals surface area contributed by atoms with Crippen LogP contribution >= 0.6 is 0 Å². The molecule has 7 heteroatoms. The van der Waals surface area contributed by atoms with Gasteiger partial charge in [-0.25, -0.2) is 4.79 Å². The molecule has 0 aromatic heterocycles. The van der Waals surface area contributed by atoms with Gasteiger partial charge in [-0.05, 0) is 69.6 Å². The lowest BCUT2D eigenvalue weighted by Crippen LogP contribution is -2.47. The molecular weight excluding hydrogens is 418 g/mol. The highest BCUT2D eigenvalue weighted by atomic mass is 16.6. The summed E-state index contributed by atoms with van der Waals surface area (Å²) in [6.45, 7) is 0.592. The number of alkyl carbamates (subject to hydrolysis) is 1. The molecule has 3 aliphatic carbocycles. The zero-order chi connectivity index (χ0) is 23.5. The van der Waals surface area contributed by atoms with E-state index in [1.54, 1.807) is 6.08 Å². The molecule has 3 saturated carbocycles. The lowest BCUT2D eigenvalue weighted by Gasteiger charge is -2.33. The average Bonchev–Trinajstić information content (AvgIpc) is 2.83. The molecule has 3 atom stereocenters. The molecule has 0 radical (unpaired) electrons. The second-order valence-electron chi connectivity index (χ2n) is 10.2. The zero-order valence-corrected chi connectivity index (χ0v) is 19.9. The highest BCUT2D eigenvalue weighted by molar-refractivity contribution is 5.97. The summed E-state index contributed by atoms with van der Waals surface area (Å²) in [6, 6.07) is 1.60. The molecule has 3 unspecified atom stereocenters. The second-order valence-corrected chi connectivity index (χ2v) is 10.2. The Kier molecular flexibility index (Phi) is 10.5. The minimum Gasteiger partial charge on any atom is -0.446 e. The van der Waals surface area contributed by atoms with Gasteiger partial charge >= 0.3 is 6.09 Å². The van der Waals surface area contributed by atoms with E-state index >= 15 is 0 Å². The predicted octanol–water partition coefficient (Wildman–Crippen LogP) is 4.50. The molecule has 184 valence electrons. The van der Waals surface area contributed by atoms with Crippen molar-refractivity contribution >= 4 is 12.0 Å². The van der Waals surface area contributed by atoms with Crippen molar-refractivity contribution in [2.75, 3.05) is 6.54 Å². The van der Waals surface area contributed by atoms with E-state index in [-0.39, 0.29) is 23.5 Å². The van der Waals surface area contributed by atoms with Crippen molar-refractivity contribution in [1.29, 1.82) is 5.26 Å². The lowest BCUT2D eigenvalue weighted by molar-refractivity contribution is -0.117. The van der Waals surface area contributed by atoms with Gasteiger partial charge in [0.1, 0.15) is 17.7 Å². The van der Waals surface area contributed by atoms with E-state index in [0.29, 0.717) is 25.8 Å². The third kappa shape index (κ3) is 8.66. The Hall–Kier alpha value is -2.07. The van der Waals surface area contributed by atoms with Crippen LogP contribution in [0.1, 0.15) is 96.3 Å². The molecule has 2 amide bonds. The minimum atomic E-state index is -0.646. The number of nitrogens with one attached hydrogen (secondary N) is 2. The number of hydrogen-bond donors (Lipinski definition) is 3. The van der Waals surface area contributed by atoms with Gasteiger partial charge in [0.15, 0.2) is 0 Å². The topological polar surface area (TPSA) is 111 Å². The van der Waals surface area contributed by atoms with Crippen molar-refractivity contribution in [2.24, 2.45) is 11.8 Å². The number of nitrogens with zero attached hydrogens (tertiary/aromatic N) is 1. The van der Waals surface area contributed by atoms with Crippen molar-refractivity contribution in [3.8, 4) is 6.07 Å². The largest absolute Gasteiger partial charge is 0.446 e. The smallest absolute Gasteiger partial charge is 0.407 e. The van der Waals surface area contributed by atoms with Crippen LogP contribution in [0.4, 0.5) is 4.79 Å². The Morgan fingerprint density at radius 3 is 2.39 bits per heavy atom. The fourth-order valence-corrected chi connectivity index (χ4v) is 5.58. The van der Waals surface area contributed by atoms with E-state index in [1.165, 1.54) is 38.5 Å². The third-order valence-corrected chi connectivity index (χ3v) is 7.55. The first-order chi connectivity index (χ1) is 16.0. The van der Waals surface area contributed by atoms with Crippen molar-refractivity contribution in [2.45, 2.75) is 115 Å². The number of ether oxygens (including phenoxy) is 1. The van der Waals surface area contributed by atoms with Crippen LogP contribution in [0.25, 0.3) is 0 Å². The van der Waals surface area contributed by atoms with Crippen LogP contribution in [-0.4, -0.2) is 41.9 Å². The van der Waals surface area contributed by atoms with E-state index in [4.69, 9.17) is 4.74 Å². The van der Waals surface area contributed by atoms with Gasteiger partial charge in [-0.1, -0.05) is 44.6 Å². The molecule has 3 fully saturated rings. The fraction of sp³-hybridized carbons (Fsp3) is 0.808. The van der Waals surface area contributed by atoms with E-state index in [2.05, 4.69) is 10.6 Å². The number of carbonyl (C=O) groups is 2. The normalized spacial score (nSPS) is 27.4. The predicted molar refractivity (Wildman–Crippen MR) is 126 cm³/mol. The molecule has 3 rings (SSSR count). The van der Waals surface area contributed by atoms with E-state index in [1.807, 2.05) is 6.07 Å². The summed E-state index contributed by atoms with van der Waals surface area (Å²) in [6.07, 6.45) is 16.0. The summed E-state index contributed by atoms with van der Waals surface area (Å²) in [7, 11) is 0. The number of carbonyl (C=O) groups excluding carboxylic acids is 2. The Balaban J connectivity index is 1.43. The number of rotatable bonds is 8. The summed E-state index contributed by atoms with van der Waals surface area (Å²) in [5.41, 5.74) is 0.123. The first-order valence-electron chi connectivity index (χ1n) is 13.1. The van der Waals surface area contributed by atoms with Gasteiger partial charge in [-0.2, -0.15) is 5.26 Å². The molecule has 3 N–H and O–H groups in total. The maximum atomic E-state index is 12.5. The summed E-state index contributed by atoms with van der Waals surface area (Å²) < 4.78 is 5.52. The number of hydrogen-bond acceptors (Lipinski definition) is 5. The second kappa shape index (κ2) is 13.6. The van der Waals surface area contributed by atoms with Crippen LogP contribution < -0.4 is 10.6 Å². The van der Waals surface area contributed by atoms with Crippen molar-refractivity contribution in [3.05, 3.63) is 11.6 Å². The molecule has 0 aromatic carbocycles. The maximum absolute atomic E-state index is 12.5. The summed E-state index contributed by atoms with van der Waals surface area (Å²) >= 11 is 0. The molecule has 3 aliphatic rings. The molecule has 0 aromatic rings.